The monoisotopic (exact) mass is 256 g/mol. The number of aromatic nitrogens is 2. The Kier molecular flexibility index (Phi) is 3.07. The van der Waals surface area contributed by atoms with Gasteiger partial charge in [0.2, 0.25) is 0 Å². The molecule has 2 heterocycles. The van der Waals surface area contributed by atoms with Crippen LogP contribution in [0.1, 0.15) is 41.0 Å². The van der Waals surface area contributed by atoms with Gasteiger partial charge in [-0.2, -0.15) is 5.10 Å². The molecule has 1 atom stereocenters. The Labute approximate surface area is 112 Å². The summed E-state index contributed by atoms with van der Waals surface area (Å²) in [5.41, 5.74) is 2.79. The Bertz CT molecular complexity index is 589. The molecule has 0 saturated carbocycles. The quantitative estimate of drug-likeness (QED) is 0.793. The molecule has 1 aliphatic heterocycles. The number of fused-ring (bicyclic) bond motifs is 1. The summed E-state index contributed by atoms with van der Waals surface area (Å²) >= 11 is 0. The highest BCUT2D eigenvalue weighted by atomic mass is 16.5. The fourth-order valence-corrected chi connectivity index (χ4v) is 2.62. The van der Waals surface area contributed by atoms with Crippen molar-refractivity contribution in [1.29, 1.82) is 0 Å². The van der Waals surface area contributed by atoms with Gasteiger partial charge in [0.1, 0.15) is 0 Å². The van der Waals surface area contributed by atoms with Crippen LogP contribution in [0.4, 0.5) is 0 Å². The second-order valence-corrected chi connectivity index (χ2v) is 4.65. The predicted octanol–water partition coefficient (Wildman–Crippen LogP) is 2.60. The van der Waals surface area contributed by atoms with E-state index in [0.29, 0.717) is 18.2 Å². The van der Waals surface area contributed by atoms with Crippen molar-refractivity contribution in [3.63, 3.8) is 0 Å². The molecule has 4 heteroatoms. The highest BCUT2D eigenvalue weighted by Gasteiger charge is 2.27. The lowest BCUT2D eigenvalue weighted by Crippen LogP contribution is -2.06. The van der Waals surface area contributed by atoms with E-state index < -0.39 is 0 Å². The molecule has 0 spiro atoms. The van der Waals surface area contributed by atoms with Gasteiger partial charge in [0.15, 0.2) is 5.69 Å². The van der Waals surface area contributed by atoms with Gasteiger partial charge in [0.25, 0.3) is 0 Å². The van der Waals surface area contributed by atoms with Crippen LogP contribution < -0.4 is 0 Å². The van der Waals surface area contributed by atoms with E-state index in [-0.39, 0.29) is 5.97 Å². The Balaban J connectivity index is 1.90. The second kappa shape index (κ2) is 4.88. The maximum atomic E-state index is 11.7. The van der Waals surface area contributed by atoms with E-state index in [2.05, 4.69) is 17.2 Å². The highest BCUT2D eigenvalue weighted by molar-refractivity contribution is 5.87. The van der Waals surface area contributed by atoms with Crippen molar-refractivity contribution in [3.8, 4) is 0 Å². The molecule has 0 amide bonds. The summed E-state index contributed by atoms with van der Waals surface area (Å²) in [6.45, 7) is 3.03. The Morgan fingerprint density at radius 1 is 1.42 bits per heavy atom. The Hall–Kier alpha value is -2.10. The van der Waals surface area contributed by atoms with Gasteiger partial charge < -0.3 is 4.74 Å². The molecule has 98 valence electrons. The number of carbonyl (C=O) groups excluding carboxylic acids is 1. The molecule has 2 aromatic rings. The van der Waals surface area contributed by atoms with Crippen molar-refractivity contribution >= 4 is 5.97 Å². The van der Waals surface area contributed by atoms with Crippen LogP contribution in [0.15, 0.2) is 36.4 Å². The first kappa shape index (κ1) is 12.0. The van der Waals surface area contributed by atoms with E-state index in [1.807, 2.05) is 28.9 Å². The molecule has 4 nitrogen and oxygen atoms in total. The van der Waals surface area contributed by atoms with E-state index in [1.54, 1.807) is 6.92 Å². The van der Waals surface area contributed by atoms with Crippen molar-refractivity contribution in [2.75, 3.05) is 6.61 Å². The van der Waals surface area contributed by atoms with Gasteiger partial charge in [-0.15, -0.1) is 0 Å². The predicted molar refractivity (Wildman–Crippen MR) is 71.1 cm³/mol. The molecule has 0 N–H and O–H groups in total. The van der Waals surface area contributed by atoms with E-state index in [0.717, 1.165) is 18.7 Å². The number of benzene rings is 1. The minimum absolute atomic E-state index is 0.330. The molecule has 3 rings (SSSR count). The minimum atomic E-state index is -0.337. The summed E-state index contributed by atoms with van der Waals surface area (Å²) in [7, 11) is 0. The topological polar surface area (TPSA) is 44.1 Å². The molecule has 0 unspecified atom stereocenters. The largest absolute Gasteiger partial charge is 0.461 e. The number of ether oxygens (including phenoxy) is 1. The molecule has 0 bridgehead atoms. The SMILES string of the molecule is CCOC(=O)c1cc2n(n1)CC[C@@H]2c1ccccc1. The van der Waals surface area contributed by atoms with E-state index in [4.69, 9.17) is 4.74 Å². The van der Waals surface area contributed by atoms with E-state index >= 15 is 0 Å². The third-order valence-corrected chi connectivity index (χ3v) is 3.48. The van der Waals surface area contributed by atoms with Crippen molar-refractivity contribution < 1.29 is 9.53 Å². The van der Waals surface area contributed by atoms with Gasteiger partial charge in [0.05, 0.1) is 6.61 Å². The van der Waals surface area contributed by atoms with Crippen molar-refractivity contribution in [2.45, 2.75) is 25.8 Å². The summed E-state index contributed by atoms with van der Waals surface area (Å²) in [5.74, 6) is -0.00640. The second-order valence-electron chi connectivity index (χ2n) is 4.65. The van der Waals surface area contributed by atoms with Crippen LogP contribution in [0.3, 0.4) is 0 Å². The molecular formula is C15H16N2O2. The highest BCUT2D eigenvalue weighted by Crippen LogP contribution is 2.34. The molecule has 1 aliphatic rings. The summed E-state index contributed by atoms with van der Waals surface area (Å²) < 4.78 is 6.91. The van der Waals surface area contributed by atoms with Crippen LogP contribution >= 0.6 is 0 Å². The molecule has 0 radical (unpaired) electrons. The molecule has 1 aromatic carbocycles. The van der Waals surface area contributed by atoms with Crippen LogP contribution in [0.2, 0.25) is 0 Å². The maximum absolute atomic E-state index is 11.7. The first-order valence-corrected chi connectivity index (χ1v) is 6.59. The van der Waals surface area contributed by atoms with E-state index in [9.17, 15) is 4.79 Å². The summed E-state index contributed by atoms with van der Waals surface area (Å²) in [4.78, 5) is 11.7. The van der Waals surface area contributed by atoms with Gasteiger partial charge in [-0.3, -0.25) is 4.68 Å². The maximum Gasteiger partial charge on any atom is 0.358 e. The van der Waals surface area contributed by atoms with Crippen LogP contribution in [0.25, 0.3) is 0 Å². The number of esters is 1. The van der Waals surface area contributed by atoms with Gasteiger partial charge in [-0.25, -0.2) is 4.79 Å². The normalized spacial score (nSPS) is 17.2. The Morgan fingerprint density at radius 2 is 2.21 bits per heavy atom. The molecule has 0 aliphatic carbocycles. The van der Waals surface area contributed by atoms with Crippen LogP contribution in [-0.4, -0.2) is 22.4 Å². The lowest BCUT2D eigenvalue weighted by Gasteiger charge is -2.08. The van der Waals surface area contributed by atoms with Gasteiger partial charge in [-0.05, 0) is 25.0 Å². The van der Waals surface area contributed by atoms with Crippen LogP contribution in [-0.2, 0) is 11.3 Å². The zero-order chi connectivity index (χ0) is 13.2. The standard InChI is InChI=1S/C15H16N2O2/c1-2-19-15(18)13-10-14-12(8-9-17(14)16-13)11-6-4-3-5-7-11/h3-7,10,12H,2,8-9H2,1H3/t12-/m1/s1. The fourth-order valence-electron chi connectivity index (χ4n) is 2.62. The molecule has 1 aromatic heterocycles. The number of aryl methyl sites for hydroxylation is 1. The lowest BCUT2D eigenvalue weighted by atomic mass is 9.95. The van der Waals surface area contributed by atoms with Crippen molar-refractivity contribution in [1.82, 2.24) is 9.78 Å². The number of nitrogens with zero attached hydrogens (tertiary/aromatic N) is 2. The smallest absolute Gasteiger partial charge is 0.358 e. The average Bonchev–Trinajstić information content (AvgIpc) is 2.99. The lowest BCUT2D eigenvalue weighted by molar-refractivity contribution is 0.0518. The van der Waals surface area contributed by atoms with Gasteiger partial charge in [-0.1, -0.05) is 30.3 Å². The zero-order valence-electron chi connectivity index (χ0n) is 10.9. The first-order valence-electron chi connectivity index (χ1n) is 6.59. The third-order valence-electron chi connectivity index (χ3n) is 3.48. The Morgan fingerprint density at radius 3 is 2.95 bits per heavy atom. The molecular weight excluding hydrogens is 240 g/mol. The van der Waals surface area contributed by atoms with Gasteiger partial charge in [0, 0.05) is 18.2 Å². The first-order chi connectivity index (χ1) is 9.29. The van der Waals surface area contributed by atoms with Gasteiger partial charge >= 0.3 is 5.97 Å². The number of hydrogen-bond donors (Lipinski definition) is 0. The summed E-state index contributed by atoms with van der Waals surface area (Å²) in [6, 6.07) is 12.2. The molecule has 0 saturated heterocycles. The summed E-state index contributed by atoms with van der Waals surface area (Å²) in [6.07, 6.45) is 1.04. The van der Waals surface area contributed by atoms with Crippen molar-refractivity contribution in [3.05, 3.63) is 53.3 Å². The minimum Gasteiger partial charge on any atom is -0.461 e. The molecule has 19 heavy (non-hydrogen) atoms. The number of rotatable bonds is 3. The zero-order valence-corrected chi connectivity index (χ0v) is 10.9. The number of carbonyl (C=O) groups is 1. The fraction of sp³-hybridized carbons (Fsp3) is 0.333. The number of hydrogen-bond acceptors (Lipinski definition) is 3. The molecule has 0 fully saturated rings. The average molecular weight is 256 g/mol. The third kappa shape index (κ3) is 2.14. The van der Waals surface area contributed by atoms with E-state index in [1.165, 1.54) is 5.56 Å². The summed E-state index contributed by atoms with van der Waals surface area (Å²) in [5, 5.41) is 4.33. The van der Waals surface area contributed by atoms with Crippen LogP contribution in [0, 0.1) is 0 Å². The van der Waals surface area contributed by atoms with Crippen molar-refractivity contribution in [2.24, 2.45) is 0 Å². The van der Waals surface area contributed by atoms with Crippen LogP contribution in [0.5, 0.6) is 0 Å².